The molecule has 1 aliphatic heterocycles. The summed E-state index contributed by atoms with van der Waals surface area (Å²) in [4.78, 5) is 36.8. The number of hydrogen-bond donors (Lipinski definition) is 2. The van der Waals surface area contributed by atoms with Gasteiger partial charge in [0.2, 0.25) is 0 Å². The molecule has 8 heteroatoms. The first-order valence-electron chi connectivity index (χ1n) is 9.72. The van der Waals surface area contributed by atoms with Crippen molar-refractivity contribution < 1.29 is 23.9 Å². The van der Waals surface area contributed by atoms with Crippen LogP contribution in [-0.2, 0) is 14.3 Å². The van der Waals surface area contributed by atoms with E-state index >= 15 is 0 Å². The molecule has 0 unspecified atom stereocenters. The normalized spacial score (nSPS) is 19.4. The summed E-state index contributed by atoms with van der Waals surface area (Å²) in [6.45, 7) is 0.292. The second-order valence-electron chi connectivity index (χ2n) is 7.02. The van der Waals surface area contributed by atoms with Crippen molar-refractivity contribution in [1.82, 2.24) is 10.6 Å². The first kappa shape index (κ1) is 20.7. The summed E-state index contributed by atoms with van der Waals surface area (Å²) in [5, 5.41) is 4.96. The minimum absolute atomic E-state index is 0.114. The summed E-state index contributed by atoms with van der Waals surface area (Å²) in [6, 6.07) is 6.70. The molecule has 1 saturated heterocycles. The number of carbonyl (C=O) groups excluding carboxylic acids is 3. The van der Waals surface area contributed by atoms with E-state index < -0.39 is 24.5 Å². The molecule has 1 aromatic rings. The Morgan fingerprint density at radius 1 is 1.11 bits per heavy atom. The summed E-state index contributed by atoms with van der Waals surface area (Å²) in [5.74, 6) is -0.457. The average molecular weight is 407 g/mol. The maximum absolute atomic E-state index is 12.4. The Labute approximate surface area is 168 Å². The molecule has 3 amide bonds. The summed E-state index contributed by atoms with van der Waals surface area (Å²) >= 11 is 1.54. The van der Waals surface area contributed by atoms with E-state index in [1.54, 1.807) is 23.9 Å². The molecule has 152 valence electrons. The summed E-state index contributed by atoms with van der Waals surface area (Å²) in [5.41, 5.74) is 0.411. The zero-order valence-corrected chi connectivity index (χ0v) is 16.6. The van der Waals surface area contributed by atoms with Crippen LogP contribution in [0, 0.1) is 0 Å². The lowest BCUT2D eigenvalue weighted by atomic mass is 10.2. The zero-order valence-electron chi connectivity index (χ0n) is 15.8. The van der Waals surface area contributed by atoms with Crippen LogP contribution in [-0.4, -0.2) is 49.0 Å². The van der Waals surface area contributed by atoms with Gasteiger partial charge in [-0.3, -0.25) is 10.1 Å². The number of amides is 3. The molecule has 1 heterocycles. The van der Waals surface area contributed by atoms with Gasteiger partial charge < -0.3 is 14.8 Å². The molecule has 1 atom stereocenters. The van der Waals surface area contributed by atoms with E-state index in [1.165, 1.54) is 0 Å². The number of nitrogens with one attached hydrogen (secondary N) is 2. The molecule has 1 aromatic carbocycles. The average Bonchev–Trinajstić information content (AvgIpc) is 3.38. The van der Waals surface area contributed by atoms with Gasteiger partial charge >= 0.3 is 12.0 Å². The first-order valence-corrected chi connectivity index (χ1v) is 10.7. The fourth-order valence-corrected chi connectivity index (χ4v) is 4.49. The summed E-state index contributed by atoms with van der Waals surface area (Å²) in [7, 11) is 0. The number of rotatable bonds is 7. The van der Waals surface area contributed by atoms with Crippen molar-refractivity contribution in [1.29, 1.82) is 0 Å². The molecule has 3 rings (SSSR count). The monoisotopic (exact) mass is 406 g/mol. The van der Waals surface area contributed by atoms with E-state index in [1.807, 2.05) is 12.1 Å². The van der Waals surface area contributed by atoms with Gasteiger partial charge in [-0.2, -0.15) is 0 Å². The highest BCUT2D eigenvalue weighted by Crippen LogP contribution is 2.27. The van der Waals surface area contributed by atoms with Gasteiger partial charge in [0.05, 0.1) is 11.7 Å². The van der Waals surface area contributed by atoms with Gasteiger partial charge in [0.1, 0.15) is 0 Å². The molecule has 0 radical (unpaired) electrons. The Balaban J connectivity index is 1.44. The van der Waals surface area contributed by atoms with Gasteiger partial charge in [-0.1, -0.05) is 25.0 Å². The molecule has 0 spiro atoms. The van der Waals surface area contributed by atoms with Crippen molar-refractivity contribution in [3.05, 3.63) is 29.8 Å². The fourth-order valence-electron chi connectivity index (χ4n) is 3.38. The topological polar surface area (TPSA) is 93.7 Å². The summed E-state index contributed by atoms with van der Waals surface area (Å²) in [6.07, 6.45) is 6.33. The lowest BCUT2D eigenvalue weighted by Crippen LogP contribution is -2.45. The van der Waals surface area contributed by atoms with Gasteiger partial charge in [0.15, 0.2) is 6.61 Å². The van der Waals surface area contributed by atoms with Gasteiger partial charge in [-0.25, -0.2) is 9.59 Å². The minimum Gasteiger partial charge on any atom is -0.452 e. The van der Waals surface area contributed by atoms with E-state index in [9.17, 15) is 14.4 Å². The zero-order chi connectivity index (χ0) is 19.8. The van der Waals surface area contributed by atoms with Gasteiger partial charge in [0, 0.05) is 23.3 Å². The van der Waals surface area contributed by atoms with Crippen LogP contribution in [0.3, 0.4) is 0 Å². The Kier molecular flexibility index (Phi) is 7.73. The molecular formula is C20H26N2O5S. The van der Waals surface area contributed by atoms with Crippen LogP contribution in [0.2, 0.25) is 0 Å². The molecule has 1 saturated carbocycles. The smallest absolute Gasteiger partial charge is 0.339 e. The Morgan fingerprint density at radius 3 is 2.64 bits per heavy atom. The number of benzene rings is 1. The number of hydrogen-bond acceptors (Lipinski definition) is 6. The standard InChI is InChI=1S/C20H26N2O5S/c23-18(22-20(25)21-14-6-1-2-7-14)12-27-19(24)16-9-3-4-10-17(16)28-13-15-8-5-11-26-15/h3-4,9-10,14-15H,1-2,5-8,11-13H2,(H2,21,22,23,25)/t15-/m1/s1. The largest absolute Gasteiger partial charge is 0.452 e. The predicted molar refractivity (Wildman–Crippen MR) is 105 cm³/mol. The van der Waals surface area contributed by atoms with Crippen molar-refractivity contribution in [2.45, 2.75) is 55.6 Å². The van der Waals surface area contributed by atoms with Gasteiger partial charge in [-0.05, 0) is 37.8 Å². The Bertz CT molecular complexity index is 700. The van der Waals surface area contributed by atoms with E-state index in [0.717, 1.165) is 55.8 Å². The number of urea groups is 1. The second kappa shape index (κ2) is 10.5. The van der Waals surface area contributed by atoms with E-state index in [0.29, 0.717) is 5.56 Å². The molecule has 0 bridgehead atoms. The lowest BCUT2D eigenvalue weighted by Gasteiger charge is -2.13. The highest BCUT2D eigenvalue weighted by Gasteiger charge is 2.21. The van der Waals surface area contributed by atoms with Crippen LogP contribution >= 0.6 is 11.8 Å². The predicted octanol–water partition coefficient (Wildman–Crippen LogP) is 2.88. The quantitative estimate of drug-likeness (QED) is 0.534. The highest BCUT2D eigenvalue weighted by molar-refractivity contribution is 7.99. The first-order chi connectivity index (χ1) is 13.6. The van der Waals surface area contributed by atoms with Crippen LogP contribution in [0.1, 0.15) is 48.9 Å². The van der Waals surface area contributed by atoms with Crippen molar-refractivity contribution >= 4 is 29.7 Å². The molecule has 2 aliphatic rings. The number of thioether (sulfide) groups is 1. The Morgan fingerprint density at radius 2 is 1.89 bits per heavy atom. The van der Waals surface area contributed by atoms with Crippen molar-refractivity contribution in [3.8, 4) is 0 Å². The molecular weight excluding hydrogens is 380 g/mol. The van der Waals surface area contributed by atoms with Gasteiger partial charge in [-0.15, -0.1) is 11.8 Å². The van der Waals surface area contributed by atoms with Crippen LogP contribution < -0.4 is 10.6 Å². The van der Waals surface area contributed by atoms with E-state index in [-0.39, 0.29) is 12.1 Å². The molecule has 2 N–H and O–H groups in total. The third kappa shape index (κ3) is 6.24. The molecule has 7 nitrogen and oxygen atoms in total. The number of imide groups is 1. The number of ether oxygens (including phenoxy) is 2. The molecule has 28 heavy (non-hydrogen) atoms. The number of esters is 1. The van der Waals surface area contributed by atoms with Crippen molar-refractivity contribution in [2.75, 3.05) is 19.0 Å². The number of carbonyl (C=O) groups is 3. The van der Waals surface area contributed by atoms with Crippen LogP contribution in [0.25, 0.3) is 0 Å². The van der Waals surface area contributed by atoms with Crippen LogP contribution in [0.15, 0.2) is 29.2 Å². The third-order valence-electron chi connectivity index (χ3n) is 4.83. The van der Waals surface area contributed by atoms with Crippen molar-refractivity contribution in [3.63, 3.8) is 0 Å². The maximum Gasteiger partial charge on any atom is 0.339 e. The Hall–Kier alpha value is -2.06. The lowest BCUT2D eigenvalue weighted by molar-refractivity contribution is -0.123. The molecule has 1 aliphatic carbocycles. The summed E-state index contributed by atoms with van der Waals surface area (Å²) < 4.78 is 10.7. The SMILES string of the molecule is O=C(COC(=O)c1ccccc1SC[C@H]1CCCO1)NC(=O)NC1CCCC1. The van der Waals surface area contributed by atoms with Gasteiger partial charge in [0.25, 0.3) is 5.91 Å². The van der Waals surface area contributed by atoms with Crippen LogP contribution in [0.5, 0.6) is 0 Å². The third-order valence-corrected chi connectivity index (χ3v) is 6.04. The highest BCUT2D eigenvalue weighted by atomic mass is 32.2. The molecule has 2 fully saturated rings. The minimum atomic E-state index is -0.645. The van der Waals surface area contributed by atoms with E-state index in [4.69, 9.17) is 9.47 Å². The fraction of sp³-hybridized carbons (Fsp3) is 0.550. The maximum atomic E-state index is 12.4. The second-order valence-corrected chi connectivity index (χ2v) is 8.08. The molecule has 0 aromatic heterocycles. The van der Waals surface area contributed by atoms with E-state index in [2.05, 4.69) is 10.6 Å². The van der Waals surface area contributed by atoms with Crippen LogP contribution in [0.4, 0.5) is 4.79 Å². The van der Waals surface area contributed by atoms with Crippen molar-refractivity contribution in [2.24, 2.45) is 0 Å².